The minimum atomic E-state index is -0.377. The Kier molecular flexibility index (Phi) is 1.54. The molecule has 0 amide bonds. The maximum Gasteiger partial charge on any atom is 0.152 e. The molecule has 0 spiro atoms. The molecular formula is C8H6ClFN2. The van der Waals surface area contributed by atoms with Gasteiger partial charge in [0.15, 0.2) is 5.82 Å². The number of benzene rings is 1. The van der Waals surface area contributed by atoms with Crippen LogP contribution in [0, 0.1) is 5.82 Å². The van der Waals surface area contributed by atoms with Gasteiger partial charge < -0.3 is 4.57 Å². The Morgan fingerprint density at radius 3 is 3.00 bits per heavy atom. The number of imidazole rings is 1. The number of aryl methyl sites for hydroxylation is 1. The molecule has 12 heavy (non-hydrogen) atoms. The number of rotatable bonds is 0. The van der Waals surface area contributed by atoms with Crippen LogP contribution in [0.2, 0.25) is 5.02 Å². The number of fused-ring (bicyclic) bond motifs is 1. The molecule has 0 aliphatic carbocycles. The zero-order valence-electron chi connectivity index (χ0n) is 6.38. The average Bonchev–Trinajstić information content (AvgIpc) is 2.33. The third-order valence-electron chi connectivity index (χ3n) is 1.75. The molecule has 0 fully saturated rings. The zero-order chi connectivity index (χ0) is 8.72. The van der Waals surface area contributed by atoms with Gasteiger partial charge in [-0.05, 0) is 12.1 Å². The van der Waals surface area contributed by atoms with E-state index in [4.69, 9.17) is 11.6 Å². The molecule has 0 atom stereocenters. The topological polar surface area (TPSA) is 17.8 Å². The van der Waals surface area contributed by atoms with Crippen molar-refractivity contribution in [1.82, 2.24) is 9.55 Å². The number of nitrogens with zero attached hydrogens (tertiary/aromatic N) is 2. The van der Waals surface area contributed by atoms with E-state index in [1.165, 1.54) is 6.07 Å². The molecular weight excluding hydrogens is 179 g/mol. The fraction of sp³-hybridized carbons (Fsp3) is 0.125. The summed E-state index contributed by atoms with van der Waals surface area (Å²) in [6.07, 6.45) is 1.56. The van der Waals surface area contributed by atoms with Gasteiger partial charge >= 0.3 is 0 Å². The predicted octanol–water partition coefficient (Wildman–Crippen LogP) is 2.37. The Hall–Kier alpha value is -1.09. The molecule has 1 aromatic carbocycles. The van der Waals surface area contributed by atoms with Gasteiger partial charge in [-0.3, -0.25) is 0 Å². The molecule has 0 aliphatic heterocycles. The SMILES string of the molecule is Cn1cnc2c(F)cc(Cl)cc21. The number of halogens is 2. The summed E-state index contributed by atoms with van der Waals surface area (Å²) in [7, 11) is 1.80. The summed E-state index contributed by atoms with van der Waals surface area (Å²) in [6.45, 7) is 0. The van der Waals surface area contributed by atoms with Gasteiger partial charge in [-0.1, -0.05) is 11.6 Å². The van der Waals surface area contributed by atoms with Crippen LogP contribution in [-0.2, 0) is 7.05 Å². The Balaban J connectivity index is 2.92. The van der Waals surface area contributed by atoms with Crippen molar-refractivity contribution in [3.05, 3.63) is 29.3 Å². The smallest absolute Gasteiger partial charge is 0.152 e. The van der Waals surface area contributed by atoms with Crippen molar-refractivity contribution in [3.63, 3.8) is 0 Å². The summed E-state index contributed by atoms with van der Waals surface area (Å²) in [6, 6.07) is 2.95. The van der Waals surface area contributed by atoms with Crippen LogP contribution < -0.4 is 0 Å². The van der Waals surface area contributed by atoms with E-state index in [-0.39, 0.29) is 5.82 Å². The Morgan fingerprint density at radius 1 is 1.50 bits per heavy atom. The highest BCUT2D eigenvalue weighted by Crippen LogP contribution is 2.20. The highest BCUT2D eigenvalue weighted by molar-refractivity contribution is 6.31. The molecule has 0 saturated carbocycles. The minimum Gasteiger partial charge on any atom is -0.334 e. The van der Waals surface area contributed by atoms with Gasteiger partial charge in [-0.25, -0.2) is 9.37 Å². The van der Waals surface area contributed by atoms with Crippen molar-refractivity contribution in [2.45, 2.75) is 0 Å². The predicted molar refractivity (Wildman–Crippen MR) is 45.7 cm³/mol. The van der Waals surface area contributed by atoms with Crippen molar-refractivity contribution < 1.29 is 4.39 Å². The van der Waals surface area contributed by atoms with E-state index >= 15 is 0 Å². The number of aromatic nitrogens is 2. The molecule has 0 aliphatic rings. The van der Waals surface area contributed by atoms with Gasteiger partial charge in [0.2, 0.25) is 0 Å². The van der Waals surface area contributed by atoms with E-state index in [1.54, 1.807) is 24.0 Å². The maximum absolute atomic E-state index is 13.1. The summed E-state index contributed by atoms with van der Waals surface area (Å²) >= 11 is 5.67. The third kappa shape index (κ3) is 0.975. The molecule has 4 heteroatoms. The fourth-order valence-corrected chi connectivity index (χ4v) is 1.35. The highest BCUT2D eigenvalue weighted by atomic mass is 35.5. The van der Waals surface area contributed by atoms with Crippen LogP contribution in [-0.4, -0.2) is 9.55 Å². The second-order valence-corrected chi connectivity index (χ2v) is 3.05. The summed E-state index contributed by atoms with van der Waals surface area (Å²) in [5.74, 6) is -0.377. The van der Waals surface area contributed by atoms with Crippen LogP contribution in [0.25, 0.3) is 11.0 Å². The van der Waals surface area contributed by atoms with E-state index in [9.17, 15) is 4.39 Å². The van der Waals surface area contributed by atoms with E-state index in [0.717, 1.165) is 0 Å². The van der Waals surface area contributed by atoms with Gasteiger partial charge in [-0.15, -0.1) is 0 Å². The summed E-state index contributed by atoms with van der Waals surface area (Å²) in [5.41, 5.74) is 1.07. The van der Waals surface area contributed by atoms with E-state index in [1.807, 2.05) is 0 Å². The molecule has 0 N–H and O–H groups in total. The normalized spacial score (nSPS) is 10.9. The quantitative estimate of drug-likeness (QED) is 0.615. The summed E-state index contributed by atoms with van der Waals surface area (Å²) in [5, 5.41) is 0.392. The Bertz CT molecular complexity index is 436. The van der Waals surface area contributed by atoms with Gasteiger partial charge in [0, 0.05) is 12.1 Å². The lowest BCUT2D eigenvalue weighted by atomic mass is 10.3. The molecule has 0 bridgehead atoms. The molecule has 0 unspecified atom stereocenters. The van der Waals surface area contributed by atoms with Crippen molar-refractivity contribution in [2.75, 3.05) is 0 Å². The third-order valence-corrected chi connectivity index (χ3v) is 1.97. The molecule has 62 valence electrons. The molecule has 2 rings (SSSR count). The van der Waals surface area contributed by atoms with Crippen LogP contribution in [0.15, 0.2) is 18.5 Å². The lowest BCUT2D eigenvalue weighted by Crippen LogP contribution is -1.84. The van der Waals surface area contributed by atoms with Crippen molar-refractivity contribution in [1.29, 1.82) is 0 Å². The van der Waals surface area contributed by atoms with Crippen LogP contribution in [0.3, 0.4) is 0 Å². The first-order chi connectivity index (χ1) is 5.68. The minimum absolute atomic E-state index is 0.363. The van der Waals surface area contributed by atoms with Gasteiger partial charge in [-0.2, -0.15) is 0 Å². The van der Waals surface area contributed by atoms with Crippen LogP contribution in [0.4, 0.5) is 4.39 Å². The lowest BCUT2D eigenvalue weighted by molar-refractivity contribution is 0.637. The van der Waals surface area contributed by atoms with Crippen LogP contribution in [0.5, 0.6) is 0 Å². The number of hydrogen-bond donors (Lipinski definition) is 0. The van der Waals surface area contributed by atoms with Gasteiger partial charge in [0.05, 0.1) is 11.8 Å². The fourth-order valence-electron chi connectivity index (χ4n) is 1.16. The maximum atomic E-state index is 13.1. The first-order valence-electron chi connectivity index (χ1n) is 3.44. The average molecular weight is 185 g/mol. The van der Waals surface area contributed by atoms with Crippen LogP contribution in [0.1, 0.15) is 0 Å². The van der Waals surface area contributed by atoms with E-state index in [2.05, 4.69) is 4.98 Å². The van der Waals surface area contributed by atoms with Gasteiger partial charge in [0.1, 0.15) is 5.52 Å². The number of hydrogen-bond acceptors (Lipinski definition) is 1. The second kappa shape index (κ2) is 2.45. The molecule has 0 radical (unpaired) electrons. The largest absolute Gasteiger partial charge is 0.334 e. The molecule has 0 saturated heterocycles. The Labute approximate surface area is 73.6 Å². The first-order valence-corrected chi connectivity index (χ1v) is 3.82. The van der Waals surface area contributed by atoms with Crippen molar-refractivity contribution in [3.8, 4) is 0 Å². The second-order valence-electron chi connectivity index (χ2n) is 2.61. The highest BCUT2D eigenvalue weighted by Gasteiger charge is 2.06. The standard InChI is InChI=1S/C8H6ClFN2/c1-12-4-11-8-6(10)2-5(9)3-7(8)12/h2-4H,1H3. The van der Waals surface area contributed by atoms with Crippen molar-refractivity contribution >= 4 is 22.6 Å². The zero-order valence-corrected chi connectivity index (χ0v) is 7.14. The van der Waals surface area contributed by atoms with E-state index < -0.39 is 0 Å². The summed E-state index contributed by atoms with van der Waals surface area (Å²) < 4.78 is 14.8. The Morgan fingerprint density at radius 2 is 2.25 bits per heavy atom. The molecule has 1 heterocycles. The lowest BCUT2D eigenvalue weighted by Gasteiger charge is -1.95. The van der Waals surface area contributed by atoms with Crippen LogP contribution >= 0.6 is 11.6 Å². The first kappa shape index (κ1) is 7.55. The summed E-state index contributed by atoms with van der Waals surface area (Å²) in [4.78, 5) is 3.89. The van der Waals surface area contributed by atoms with Crippen molar-refractivity contribution in [2.24, 2.45) is 7.05 Å². The molecule has 2 aromatic rings. The molecule has 2 nitrogen and oxygen atoms in total. The monoisotopic (exact) mass is 184 g/mol. The van der Waals surface area contributed by atoms with E-state index in [0.29, 0.717) is 16.1 Å². The van der Waals surface area contributed by atoms with Gasteiger partial charge in [0.25, 0.3) is 0 Å². The molecule has 1 aromatic heterocycles.